The van der Waals surface area contributed by atoms with Gasteiger partial charge in [0, 0.05) is 16.5 Å². The van der Waals surface area contributed by atoms with Crippen molar-refractivity contribution in [2.24, 2.45) is 0 Å². The lowest BCUT2D eigenvalue weighted by molar-refractivity contribution is 0.0563. The summed E-state index contributed by atoms with van der Waals surface area (Å²) in [5.74, 6) is -0.443. The van der Waals surface area contributed by atoms with Crippen molar-refractivity contribution in [2.75, 3.05) is 0 Å². The van der Waals surface area contributed by atoms with Crippen molar-refractivity contribution in [2.45, 2.75) is 18.9 Å². The molecule has 0 spiro atoms. The summed E-state index contributed by atoms with van der Waals surface area (Å²) in [5.41, 5.74) is 5.57. The van der Waals surface area contributed by atoms with Gasteiger partial charge in [-0.3, -0.25) is 14.5 Å². The van der Waals surface area contributed by atoms with Gasteiger partial charge in [0.25, 0.3) is 11.8 Å². The van der Waals surface area contributed by atoms with Crippen LogP contribution in [0.5, 0.6) is 0 Å². The van der Waals surface area contributed by atoms with Crippen LogP contribution in [0.4, 0.5) is 0 Å². The number of benzene rings is 4. The molecule has 0 bridgehead atoms. The van der Waals surface area contributed by atoms with Crippen molar-refractivity contribution in [3.05, 3.63) is 118 Å². The average molecular weight is 389 g/mol. The molecule has 4 aromatic carbocycles. The fourth-order valence-electron chi connectivity index (χ4n) is 5.03. The third-order valence-corrected chi connectivity index (χ3v) is 6.38. The van der Waals surface area contributed by atoms with Gasteiger partial charge in [-0.25, -0.2) is 0 Å². The molecular weight excluding hydrogens is 370 g/mol. The third kappa shape index (κ3) is 2.32. The van der Waals surface area contributed by atoms with Crippen LogP contribution < -0.4 is 0 Å². The van der Waals surface area contributed by atoms with Crippen molar-refractivity contribution < 1.29 is 9.59 Å². The van der Waals surface area contributed by atoms with Gasteiger partial charge in [0.2, 0.25) is 0 Å². The molecule has 3 nitrogen and oxygen atoms in total. The molecule has 0 saturated carbocycles. The predicted octanol–water partition coefficient (Wildman–Crippen LogP) is 5.32. The number of imide groups is 1. The predicted molar refractivity (Wildman–Crippen MR) is 117 cm³/mol. The van der Waals surface area contributed by atoms with Gasteiger partial charge < -0.3 is 0 Å². The molecule has 0 fully saturated rings. The van der Waals surface area contributed by atoms with Gasteiger partial charge in [-0.2, -0.15) is 0 Å². The number of carbonyl (C=O) groups is 2. The van der Waals surface area contributed by atoms with E-state index in [1.807, 2.05) is 72.8 Å². The van der Waals surface area contributed by atoms with Crippen LogP contribution in [-0.4, -0.2) is 16.7 Å². The summed E-state index contributed by atoms with van der Waals surface area (Å²) in [7, 11) is 0. The number of hydrogen-bond acceptors (Lipinski definition) is 2. The summed E-state index contributed by atoms with van der Waals surface area (Å²) < 4.78 is 0. The van der Waals surface area contributed by atoms with Crippen molar-refractivity contribution in [1.82, 2.24) is 4.90 Å². The lowest BCUT2D eigenvalue weighted by Crippen LogP contribution is -2.43. The Labute approximate surface area is 174 Å². The SMILES string of the molecule is O=C1c2ccc3c4c(ccc(c24)C(=O)N1C(c1ccccc1)c1ccccc1)CC3. The smallest absolute Gasteiger partial charge is 0.262 e. The first-order valence-corrected chi connectivity index (χ1v) is 10.3. The molecule has 144 valence electrons. The molecule has 30 heavy (non-hydrogen) atoms. The molecule has 0 N–H and O–H groups in total. The van der Waals surface area contributed by atoms with Crippen molar-refractivity contribution >= 4 is 22.6 Å². The fourth-order valence-corrected chi connectivity index (χ4v) is 5.03. The maximum Gasteiger partial charge on any atom is 0.262 e. The Kier molecular flexibility index (Phi) is 3.66. The first-order chi connectivity index (χ1) is 14.7. The van der Waals surface area contributed by atoms with Gasteiger partial charge in [0.1, 0.15) is 0 Å². The zero-order valence-electron chi connectivity index (χ0n) is 16.3. The van der Waals surface area contributed by atoms with E-state index in [0.29, 0.717) is 11.1 Å². The zero-order chi connectivity index (χ0) is 20.2. The van der Waals surface area contributed by atoms with Crippen LogP contribution in [0.2, 0.25) is 0 Å². The lowest BCUT2D eigenvalue weighted by Gasteiger charge is -2.34. The van der Waals surface area contributed by atoms with Gasteiger partial charge in [-0.1, -0.05) is 72.8 Å². The second kappa shape index (κ2) is 6.39. The normalized spacial score (nSPS) is 14.8. The van der Waals surface area contributed by atoms with E-state index in [4.69, 9.17) is 0 Å². The summed E-state index contributed by atoms with van der Waals surface area (Å²) >= 11 is 0. The van der Waals surface area contributed by atoms with Gasteiger partial charge in [-0.15, -0.1) is 0 Å². The lowest BCUT2D eigenvalue weighted by atomic mass is 9.88. The second-order valence-corrected chi connectivity index (χ2v) is 8.00. The van der Waals surface area contributed by atoms with Gasteiger partial charge in [0.05, 0.1) is 6.04 Å². The molecule has 0 atom stereocenters. The Morgan fingerprint density at radius 1 is 0.567 bits per heavy atom. The van der Waals surface area contributed by atoms with E-state index in [0.717, 1.165) is 34.7 Å². The Morgan fingerprint density at radius 2 is 1.03 bits per heavy atom. The Morgan fingerprint density at radius 3 is 1.50 bits per heavy atom. The van der Waals surface area contributed by atoms with Crippen molar-refractivity contribution in [3.63, 3.8) is 0 Å². The first kappa shape index (κ1) is 17.2. The number of hydrogen-bond donors (Lipinski definition) is 0. The third-order valence-electron chi connectivity index (χ3n) is 6.38. The molecule has 2 amide bonds. The quantitative estimate of drug-likeness (QED) is 0.445. The molecule has 1 heterocycles. The van der Waals surface area contributed by atoms with Crippen LogP contribution >= 0.6 is 0 Å². The van der Waals surface area contributed by atoms with Gasteiger partial charge >= 0.3 is 0 Å². The average Bonchev–Trinajstić information content (AvgIpc) is 3.22. The first-order valence-electron chi connectivity index (χ1n) is 10.3. The van der Waals surface area contributed by atoms with E-state index in [2.05, 4.69) is 12.1 Å². The van der Waals surface area contributed by atoms with E-state index in [1.165, 1.54) is 16.0 Å². The zero-order valence-corrected chi connectivity index (χ0v) is 16.3. The standard InChI is InChI=1S/C27H19NO2/c29-26-21-15-13-17-11-12-18-14-16-22(24(21)23(17)18)27(30)28(26)25(19-7-3-1-4-8-19)20-9-5-2-6-10-20/h1-10,13-16,25H,11-12H2. The monoisotopic (exact) mass is 389 g/mol. The molecule has 6 rings (SSSR count). The molecule has 0 saturated heterocycles. The van der Waals surface area contributed by atoms with E-state index in [9.17, 15) is 9.59 Å². The van der Waals surface area contributed by atoms with Crippen LogP contribution in [0.3, 0.4) is 0 Å². The van der Waals surface area contributed by atoms with Crippen molar-refractivity contribution in [3.8, 4) is 0 Å². The van der Waals surface area contributed by atoms with Crippen molar-refractivity contribution in [1.29, 1.82) is 0 Å². The molecule has 0 aromatic heterocycles. The number of nitrogens with zero attached hydrogens (tertiary/aromatic N) is 1. The van der Waals surface area contributed by atoms with Gasteiger partial charge in [-0.05, 0) is 52.6 Å². The maximum atomic E-state index is 13.7. The van der Waals surface area contributed by atoms with E-state index >= 15 is 0 Å². The molecule has 1 aliphatic heterocycles. The minimum Gasteiger partial charge on any atom is -0.269 e. The summed E-state index contributed by atoms with van der Waals surface area (Å²) in [6.07, 6.45) is 1.94. The number of rotatable bonds is 3. The Balaban J connectivity index is 1.59. The number of aryl methyl sites for hydroxylation is 2. The summed E-state index contributed by atoms with van der Waals surface area (Å²) in [4.78, 5) is 28.9. The highest BCUT2D eigenvalue weighted by molar-refractivity contribution is 6.26. The van der Waals surface area contributed by atoms with E-state index in [-0.39, 0.29) is 11.8 Å². The maximum absolute atomic E-state index is 13.7. The molecular formula is C27H19NO2. The topological polar surface area (TPSA) is 37.4 Å². The minimum atomic E-state index is -0.472. The van der Waals surface area contributed by atoms with Crippen LogP contribution in [0.15, 0.2) is 84.9 Å². The largest absolute Gasteiger partial charge is 0.269 e. The molecule has 0 unspecified atom stereocenters. The van der Waals surface area contributed by atoms with Gasteiger partial charge in [0.15, 0.2) is 0 Å². The molecule has 3 heteroatoms. The van der Waals surface area contributed by atoms with E-state index in [1.54, 1.807) is 0 Å². The number of carbonyl (C=O) groups excluding carboxylic acids is 2. The summed E-state index contributed by atoms with van der Waals surface area (Å²) in [5, 5.41) is 1.95. The Hall–Kier alpha value is -3.72. The molecule has 2 aliphatic rings. The Bertz CT molecular complexity index is 1230. The minimum absolute atomic E-state index is 0.221. The highest BCUT2D eigenvalue weighted by Crippen LogP contribution is 2.41. The highest BCUT2D eigenvalue weighted by atomic mass is 16.2. The number of amides is 2. The molecule has 1 aliphatic carbocycles. The van der Waals surface area contributed by atoms with E-state index < -0.39 is 6.04 Å². The molecule has 4 aromatic rings. The molecule has 0 radical (unpaired) electrons. The highest BCUT2D eigenvalue weighted by Gasteiger charge is 2.39. The van der Waals surface area contributed by atoms with Crippen LogP contribution in [0.25, 0.3) is 10.8 Å². The fraction of sp³-hybridized carbons (Fsp3) is 0.111. The second-order valence-electron chi connectivity index (χ2n) is 8.00. The van der Waals surface area contributed by atoms with Crippen LogP contribution in [-0.2, 0) is 12.8 Å². The van der Waals surface area contributed by atoms with Crippen LogP contribution in [0, 0.1) is 0 Å². The summed E-state index contributed by atoms with van der Waals surface area (Å²) in [6.45, 7) is 0. The summed E-state index contributed by atoms with van der Waals surface area (Å²) in [6, 6.07) is 27.0. The van der Waals surface area contributed by atoms with Crippen LogP contribution in [0.1, 0.15) is 49.0 Å².